The minimum atomic E-state index is 0.110. The number of benzene rings is 1. The minimum Gasteiger partial charge on any atom is -0.493 e. The van der Waals surface area contributed by atoms with E-state index >= 15 is 0 Å². The molecule has 1 unspecified atom stereocenters. The second-order valence-electron chi connectivity index (χ2n) is 6.94. The van der Waals surface area contributed by atoms with Crippen LogP contribution in [-0.4, -0.2) is 24.9 Å². The quantitative estimate of drug-likeness (QED) is 0.864. The second kappa shape index (κ2) is 7.28. The zero-order chi connectivity index (χ0) is 15.3. The molecule has 1 N–H and O–H groups in total. The van der Waals surface area contributed by atoms with Crippen LogP contribution in [0.5, 0.6) is 5.75 Å². The third kappa shape index (κ3) is 5.33. The molecule has 1 atom stereocenters. The van der Waals surface area contributed by atoms with E-state index in [1.807, 2.05) is 0 Å². The summed E-state index contributed by atoms with van der Waals surface area (Å²) in [4.78, 5) is 0. The number of hydrogen-bond donors (Lipinski definition) is 1. The van der Waals surface area contributed by atoms with E-state index in [2.05, 4.69) is 51.2 Å². The van der Waals surface area contributed by atoms with Gasteiger partial charge in [-0.3, -0.25) is 0 Å². The summed E-state index contributed by atoms with van der Waals surface area (Å²) in [6.45, 7) is 11.1. The molecule has 21 heavy (non-hydrogen) atoms. The van der Waals surface area contributed by atoms with Crippen LogP contribution in [0.3, 0.4) is 0 Å². The van der Waals surface area contributed by atoms with Gasteiger partial charge < -0.3 is 14.8 Å². The molecule has 0 bridgehead atoms. The van der Waals surface area contributed by atoms with Crippen LogP contribution in [-0.2, 0) is 11.3 Å². The van der Waals surface area contributed by atoms with Crippen LogP contribution in [0.2, 0.25) is 0 Å². The molecule has 2 rings (SSSR count). The molecule has 3 heteroatoms. The number of para-hydroxylation sites is 1. The lowest BCUT2D eigenvalue weighted by molar-refractivity contribution is 0.0901. The number of rotatable bonds is 6. The monoisotopic (exact) mass is 291 g/mol. The zero-order valence-electron chi connectivity index (χ0n) is 13.9. The van der Waals surface area contributed by atoms with Gasteiger partial charge in [-0.15, -0.1) is 0 Å². The smallest absolute Gasteiger partial charge is 0.126 e. The van der Waals surface area contributed by atoms with E-state index in [1.54, 1.807) is 0 Å². The van der Waals surface area contributed by atoms with Crippen molar-refractivity contribution in [3.63, 3.8) is 0 Å². The van der Waals surface area contributed by atoms with Crippen LogP contribution in [0.1, 0.15) is 51.2 Å². The van der Waals surface area contributed by atoms with Crippen LogP contribution in [0.4, 0.5) is 0 Å². The first-order valence-corrected chi connectivity index (χ1v) is 8.03. The van der Waals surface area contributed by atoms with Gasteiger partial charge in [0.2, 0.25) is 0 Å². The molecule has 1 aliphatic rings. The Hall–Kier alpha value is -1.06. The molecule has 0 radical (unpaired) electrons. The molecule has 1 heterocycles. The van der Waals surface area contributed by atoms with Crippen LogP contribution in [0.15, 0.2) is 18.2 Å². The van der Waals surface area contributed by atoms with Gasteiger partial charge in [-0.05, 0) is 46.1 Å². The van der Waals surface area contributed by atoms with Gasteiger partial charge in [-0.2, -0.15) is 0 Å². The van der Waals surface area contributed by atoms with Crippen molar-refractivity contribution in [2.24, 2.45) is 0 Å². The maximum atomic E-state index is 6.08. The molecule has 0 saturated carbocycles. The standard InChI is InChI=1S/C18H29NO2/c1-14-7-5-8-15(13-19-18(2,3)4)17(14)21-12-10-16-9-6-11-20-16/h5,7-8,16,19H,6,9-13H2,1-4H3. The average molecular weight is 291 g/mol. The highest BCUT2D eigenvalue weighted by molar-refractivity contribution is 5.40. The topological polar surface area (TPSA) is 30.5 Å². The van der Waals surface area contributed by atoms with Crippen molar-refractivity contribution in [3.8, 4) is 5.75 Å². The van der Waals surface area contributed by atoms with Crippen molar-refractivity contribution in [3.05, 3.63) is 29.3 Å². The Morgan fingerprint density at radius 3 is 2.81 bits per heavy atom. The Bertz CT molecular complexity index is 445. The summed E-state index contributed by atoms with van der Waals surface area (Å²) in [7, 11) is 0. The van der Waals surface area contributed by atoms with Gasteiger partial charge in [0.25, 0.3) is 0 Å². The summed E-state index contributed by atoms with van der Waals surface area (Å²) in [6, 6.07) is 6.36. The second-order valence-corrected chi connectivity index (χ2v) is 6.94. The van der Waals surface area contributed by atoms with Crippen molar-refractivity contribution in [2.75, 3.05) is 13.2 Å². The molecule has 3 nitrogen and oxygen atoms in total. The molecule has 118 valence electrons. The maximum absolute atomic E-state index is 6.08. The van der Waals surface area contributed by atoms with Gasteiger partial charge in [-0.25, -0.2) is 0 Å². The van der Waals surface area contributed by atoms with Gasteiger partial charge in [0, 0.05) is 30.7 Å². The van der Waals surface area contributed by atoms with Gasteiger partial charge >= 0.3 is 0 Å². The van der Waals surface area contributed by atoms with Gasteiger partial charge in [0.05, 0.1) is 12.7 Å². The summed E-state index contributed by atoms with van der Waals surface area (Å²) in [5.41, 5.74) is 2.55. The van der Waals surface area contributed by atoms with Crippen LogP contribution >= 0.6 is 0 Å². The molecule has 0 aliphatic carbocycles. The van der Waals surface area contributed by atoms with Crippen LogP contribution in [0, 0.1) is 6.92 Å². The Balaban J connectivity index is 1.93. The summed E-state index contributed by atoms with van der Waals surface area (Å²) in [5.74, 6) is 1.03. The van der Waals surface area contributed by atoms with E-state index in [1.165, 1.54) is 24.0 Å². The third-order valence-electron chi connectivity index (χ3n) is 3.81. The first-order valence-electron chi connectivity index (χ1n) is 8.03. The minimum absolute atomic E-state index is 0.110. The van der Waals surface area contributed by atoms with E-state index in [0.717, 1.165) is 31.9 Å². The molecule has 1 fully saturated rings. The first kappa shape index (κ1) is 16.3. The highest BCUT2D eigenvalue weighted by atomic mass is 16.5. The summed E-state index contributed by atoms with van der Waals surface area (Å²) < 4.78 is 11.7. The lowest BCUT2D eigenvalue weighted by atomic mass is 10.1. The van der Waals surface area contributed by atoms with Crippen LogP contribution < -0.4 is 10.1 Å². The maximum Gasteiger partial charge on any atom is 0.126 e. The van der Waals surface area contributed by atoms with Crippen molar-refractivity contribution in [1.29, 1.82) is 0 Å². The van der Waals surface area contributed by atoms with Crippen LogP contribution in [0.25, 0.3) is 0 Å². The SMILES string of the molecule is Cc1cccc(CNC(C)(C)C)c1OCCC1CCCO1. The molecule has 0 spiro atoms. The normalized spacial score (nSPS) is 19.0. The fraction of sp³-hybridized carbons (Fsp3) is 0.667. The highest BCUT2D eigenvalue weighted by Gasteiger charge is 2.16. The van der Waals surface area contributed by atoms with Crippen molar-refractivity contribution in [2.45, 2.75) is 65.1 Å². The Labute approximate surface area is 129 Å². The molecule has 0 amide bonds. The van der Waals surface area contributed by atoms with E-state index in [9.17, 15) is 0 Å². The fourth-order valence-electron chi connectivity index (χ4n) is 2.58. The fourth-order valence-corrected chi connectivity index (χ4v) is 2.58. The predicted molar refractivity (Wildman–Crippen MR) is 86.9 cm³/mol. The summed E-state index contributed by atoms with van der Waals surface area (Å²) in [6.07, 6.45) is 3.75. The number of aryl methyl sites for hydroxylation is 1. The molecule has 1 saturated heterocycles. The average Bonchev–Trinajstić information content (AvgIpc) is 2.91. The van der Waals surface area contributed by atoms with Crippen molar-refractivity contribution in [1.82, 2.24) is 5.32 Å². The van der Waals surface area contributed by atoms with Crippen molar-refractivity contribution < 1.29 is 9.47 Å². The molecular weight excluding hydrogens is 262 g/mol. The Kier molecular flexibility index (Phi) is 5.65. The molecule has 1 aromatic carbocycles. The van der Waals surface area contributed by atoms with Gasteiger partial charge in [0.1, 0.15) is 5.75 Å². The zero-order valence-corrected chi connectivity index (χ0v) is 13.9. The predicted octanol–water partition coefficient (Wildman–Crippen LogP) is 3.83. The number of nitrogens with one attached hydrogen (secondary N) is 1. The largest absolute Gasteiger partial charge is 0.493 e. The summed E-state index contributed by atoms with van der Waals surface area (Å²) >= 11 is 0. The van der Waals surface area contributed by atoms with Gasteiger partial charge in [-0.1, -0.05) is 18.2 Å². The Morgan fingerprint density at radius 1 is 1.33 bits per heavy atom. The molecular formula is C18H29NO2. The molecule has 1 aromatic rings. The first-order chi connectivity index (χ1) is 9.96. The van der Waals surface area contributed by atoms with E-state index in [4.69, 9.17) is 9.47 Å². The van der Waals surface area contributed by atoms with E-state index in [-0.39, 0.29) is 5.54 Å². The third-order valence-corrected chi connectivity index (χ3v) is 3.81. The Morgan fingerprint density at radius 2 is 2.14 bits per heavy atom. The lowest BCUT2D eigenvalue weighted by Gasteiger charge is -2.22. The molecule has 1 aliphatic heterocycles. The van der Waals surface area contributed by atoms with E-state index in [0.29, 0.717) is 6.10 Å². The number of hydrogen-bond acceptors (Lipinski definition) is 3. The van der Waals surface area contributed by atoms with E-state index < -0.39 is 0 Å². The number of ether oxygens (including phenoxy) is 2. The van der Waals surface area contributed by atoms with Gasteiger partial charge in [0.15, 0.2) is 0 Å². The molecule has 0 aromatic heterocycles. The highest BCUT2D eigenvalue weighted by Crippen LogP contribution is 2.25. The lowest BCUT2D eigenvalue weighted by Crippen LogP contribution is -2.35. The van der Waals surface area contributed by atoms with Crippen molar-refractivity contribution >= 4 is 0 Å². The summed E-state index contributed by atoms with van der Waals surface area (Å²) in [5, 5.41) is 3.53.